The Balaban J connectivity index is 0.000000448. The number of carbonyl (C=O) groups excluding carboxylic acids is 1. The van der Waals surface area contributed by atoms with Crippen LogP contribution in [-0.4, -0.2) is 47.5 Å². The number of halogens is 3. The number of carboxylic acids is 1. The molecule has 3 aromatic carbocycles. The van der Waals surface area contributed by atoms with Gasteiger partial charge in [-0.3, -0.25) is 4.79 Å². The van der Waals surface area contributed by atoms with Crippen LogP contribution < -0.4 is 5.32 Å². The number of carbonyl (C=O) groups is 2. The van der Waals surface area contributed by atoms with Gasteiger partial charge in [-0.2, -0.15) is 13.2 Å². The molecular formula is C27H23F3N6O3. The molecule has 0 fully saturated rings. The molecule has 0 spiro atoms. The maximum atomic E-state index is 12.8. The molecule has 0 radical (unpaired) electrons. The molecule has 5 rings (SSSR count). The summed E-state index contributed by atoms with van der Waals surface area (Å²) in [5.74, 6) is -1.40. The van der Waals surface area contributed by atoms with Crippen LogP contribution in [0.1, 0.15) is 21.7 Å². The number of imidazole rings is 1. The van der Waals surface area contributed by atoms with Crippen molar-refractivity contribution in [1.29, 1.82) is 0 Å². The number of benzene rings is 3. The average Bonchev–Trinajstić information content (AvgIpc) is 3.51. The molecule has 0 saturated heterocycles. The van der Waals surface area contributed by atoms with E-state index < -0.39 is 12.1 Å². The summed E-state index contributed by atoms with van der Waals surface area (Å²) >= 11 is 0. The van der Waals surface area contributed by atoms with Gasteiger partial charge >= 0.3 is 12.1 Å². The van der Waals surface area contributed by atoms with Crippen molar-refractivity contribution in [1.82, 2.24) is 29.6 Å². The Labute approximate surface area is 220 Å². The number of carboxylic acid groups (broad SMARTS) is 1. The summed E-state index contributed by atoms with van der Waals surface area (Å²) in [4.78, 5) is 26.6. The van der Waals surface area contributed by atoms with E-state index >= 15 is 0 Å². The minimum absolute atomic E-state index is 0.166. The fourth-order valence-corrected chi connectivity index (χ4v) is 3.75. The van der Waals surface area contributed by atoms with Crippen molar-refractivity contribution in [3.05, 3.63) is 102 Å². The fraction of sp³-hybridized carbons (Fsp3) is 0.148. The van der Waals surface area contributed by atoms with Gasteiger partial charge in [0, 0.05) is 24.7 Å². The first-order chi connectivity index (χ1) is 18.6. The first-order valence-electron chi connectivity index (χ1n) is 11.6. The number of hydrogen-bond donors (Lipinski definition) is 2. The molecule has 0 aliphatic carbocycles. The van der Waals surface area contributed by atoms with Gasteiger partial charge in [0.1, 0.15) is 12.2 Å². The van der Waals surface area contributed by atoms with Gasteiger partial charge in [0.2, 0.25) is 0 Å². The molecule has 2 heterocycles. The molecule has 0 aliphatic heterocycles. The molecule has 2 N–H and O–H groups in total. The predicted octanol–water partition coefficient (Wildman–Crippen LogP) is 4.44. The van der Waals surface area contributed by atoms with Crippen LogP contribution >= 0.6 is 0 Å². The van der Waals surface area contributed by atoms with Crippen LogP contribution in [0.5, 0.6) is 0 Å². The third kappa shape index (κ3) is 6.66. The lowest BCUT2D eigenvalue weighted by Gasteiger charge is -2.11. The van der Waals surface area contributed by atoms with Gasteiger partial charge in [0.05, 0.1) is 17.6 Å². The third-order valence-electron chi connectivity index (χ3n) is 5.68. The van der Waals surface area contributed by atoms with Gasteiger partial charge in [-0.15, -0.1) is 10.2 Å². The normalized spacial score (nSPS) is 11.1. The quantitative estimate of drug-likeness (QED) is 0.332. The zero-order chi connectivity index (χ0) is 28.0. The number of para-hydroxylation sites is 2. The second kappa shape index (κ2) is 11.6. The Morgan fingerprint density at radius 3 is 2.33 bits per heavy atom. The lowest BCUT2D eigenvalue weighted by molar-refractivity contribution is -0.192. The van der Waals surface area contributed by atoms with E-state index in [1.54, 1.807) is 17.0 Å². The van der Waals surface area contributed by atoms with Crippen LogP contribution in [-0.2, 0) is 24.9 Å². The maximum absolute atomic E-state index is 12.8. The SMILES string of the molecule is Cn1cnnc1CNC(=O)c1cccc(-c2nc3ccccc3n2Cc2ccccc2)c1.O=C(O)C(F)(F)F. The van der Waals surface area contributed by atoms with Crippen molar-refractivity contribution in [2.24, 2.45) is 7.05 Å². The number of aliphatic carboxylic acids is 1. The monoisotopic (exact) mass is 536 g/mol. The molecule has 0 atom stereocenters. The van der Waals surface area contributed by atoms with Gasteiger partial charge in [0.25, 0.3) is 5.91 Å². The molecule has 2 aromatic heterocycles. The number of alkyl halides is 3. The summed E-state index contributed by atoms with van der Waals surface area (Å²) in [6, 6.07) is 26.0. The van der Waals surface area contributed by atoms with E-state index in [0.717, 1.165) is 22.4 Å². The Morgan fingerprint density at radius 2 is 1.67 bits per heavy atom. The number of aryl methyl sites for hydroxylation is 1. The van der Waals surface area contributed by atoms with Gasteiger partial charge in [-0.1, -0.05) is 54.6 Å². The molecule has 0 aliphatic rings. The second-order valence-corrected chi connectivity index (χ2v) is 8.42. The number of fused-ring (bicyclic) bond motifs is 1. The molecule has 0 saturated carbocycles. The molecule has 12 heteroatoms. The summed E-state index contributed by atoms with van der Waals surface area (Å²) in [5, 5.41) is 17.9. The third-order valence-corrected chi connectivity index (χ3v) is 5.68. The number of nitrogens with zero attached hydrogens (tertiary/aromatic N) is 5. The summed E-state index contributed by atoms with van der Waals surface area (Å²) < 4.78 is 35.7. The molecule has 200 valence electrons. The van der Waals surface area contributed by atoms with E-state index in [4.69, 9.17) is 14.9 Å². The molecule has 39 heavy (non-hydrogen) atoms. The lowest BCUT2D eigenvalue weighted by atomic mass is 10.1. The molecule has 1 amide bonds. The van der Waals surface area contributed by atoms with Crippen LogP contribution in [0.25, 0.3) is 22.4 Å². The Kier molecular flexibility index (Phi) is 8.04. The largest absolute Gasteiger partial charge is 0.490 e. The van der Waals surface area contributed by atoms with Crippen molar-refractivity contribution < 1.29 is 27.9 Å². The minimum atomic E-state index is -5.08. The van der Waals surface area contributed by atoms with Crippen LogP contribution in [0, 0.1) is 0 Å². The number of aromatic nitrogens is 5. The standard InChI is InChI=1S/C25H22N6O.C2HF3O2/c1-30-17-27-29-23(30)15-26-25(32)20-11-7-10-19(14-20)24-28-21-12-5-6-13-22(21)31(24)16-18-8-3-2-4-9-18;3-2(4,5)1(6)7/h2-14,17H,15-16H2,1H3,(H,26,32);(H,6,7). The molecule has 0 bridgehead atoms. The highest BCUT2D eigenvalue weighted by Crippen LogP contribution is 2.26. The Bertz CT molecular complexity index is 1600. The number of hydrogen-bond acceptors (Lipinski definition) is 5. The van der Waals surface area contributed by atoms with Gasteiger partial charge < -0.3 is 19.6 Å². The second-order valence-electron chi connectivity index (χ2n) is 8.42. The van der Waals surface area contributed by atoms with Crippen molar-refractivity contribution in [2.75, 3.05) is 0 Å². The predicted molar refractivity (Wildman–Crippen MR) is 137 cm³/mol. The van der Waals surface area contributed by atoms with E-state index in [9.17, 15) is 18.0 Å². The van der Waals surface area contributed by atoms with Crippen LogP contribution in [0.2, 0.25) is 0 Å². The smallest absolute Gasteiger partial charge is 0.475 e. The average molecular weight is 537 g/mol. The molecule has 9 nitrogen and oxygen atoms in total. The minimum Gasteiger partial charge on any atom is -0.475 e. The Morgan fingerprint density at radius 1 is 0.974 bits per heavy atom. The summed E-state index contributed by atoms with van der Waals surface area (Å²) in [6.45, 7) is 1.01. The fourth-order valence-electron chi connectivity index (χ4n) is 3.75. The topological polar surface area (TPSA) is 115 Å². The Hall–Kier alpha value is -5.00. The number of rotatable bonds is 6. The molecule has 5 aromatic rings. The first-order valence-corrected chi connectivity index (χ1v) is 11.6. The maximum Gasteiger partial charge on any atom is 0.490 e. The van der Waals surface area contributed by atoms with E-state index in [1.165, 1.54) is 5.56 Å². The summed E-state index contributed by atoms with van der Waals surface area (Å²) in [6.07, 6.45) is -3.47. The van der Waals surface area contributed by atoms with Crippen LogP contribution in [0.15, 0.2) is 85.2 Å². The number of amides is 1. The highest BCUT2D eigenvalue weighted by atomic mass is 19.4. The highest BCUT2D eigenvalue weighted by molar-refractivity contribution is 5.95. The summed E-state index contributed by atoms with van der Waals surface area (Å²) in [5.41, 5.74) is 4.64. The lowest BCUT2D eigenvalue weighted by Crippen LogP contribution is -2.24. The molecule has 0 unspecified atom stereocenters. The van der Waals surface area contributed by atoms with Gasteiger partial charge in [-0.25, -0.2) is 9.78 Å². The van der Waals surface area contributed by atoms with E-state index in [-0.39, 0.29) is 5.91 Å². The van der Waals surface area contributed by atoms with Gasteiger partial charge in [-0.05, 0) is 29.8 Å². The van der Waals surface area contributed by atoms with Gasteiger partial charge in [0.15, 0.2) is 5.82 Å². The molecular weight excluding hydrogens is 513 g/mol. The van der Waals surface area contributed by atoms with E-state index in [0.29, 0.717) is 24.5 Å². The first kappa shape index (κ1) is 27.0. The highest BCUT2D eigenvalue weighted by Gasteiger charge is 2.38. The van der Waals surface area contributed by atoms with Crippen molar-refractivity contribution in [3.8, 4) is 11.4 Å². The van der Waals surface area contributed by atoms with Crippen molar-refractivity contribution in [3.63, 3.8) is 0 Å². The van der Waals surface area contributed by atoms with Crippen molar-refractivity contribution in [2.45, 2.75) is 19.3 Å². The summed E-state index contributed by atoms with van der Waals surface area (Å²) in [7, 11) is 1.85. The van der Waals surface area contributed by atoms with Crippen molar-refractivity contribution >= 4 is 22.9 Å². The van der Waals surface area contributed by atoms with E-state index in [1.807, 2.05) is 61.6 Å². The van der Waals surface area contributed by atoms with Crippen LogP contribution in [0.3, 0.4) is 0 Å². The number of nitrogens with one attached hydrogen (secondary N) is 1. The zero-order valence-corrected chi connectivity index (χ0v) is 20.6. The van der Waals surface area contributed by atoms with Crippen LogP contribution in [0.4, 0.5) is 13.2 Å². The zero-order valence-electron chi connectivity index (χ0n) is 20.6. The van der Waals surface area contributed by atoms with E-state index in [2.05, 4.69) is 38.3 Å².